The second-order valence-corrected chi connectivity index (χ2v) is 5.12. The van der Waals surface area contributed by atoms with Gasteiger partial charge in [0.15, 0.2) is 0 Å². The molecule has 104 valence electrons. The van der Waals surface area contributed by atoms with Crippen LogP contribution >= 0.6 is 11.6 Å². The van der Waals surface area contributed by atoms with Gasteiger partial charge in [0.25, 0.3) is 5.91 Å². The lowest BCUT2D eigenvalue weighted by molar-refractivity contribution is -0.0300. The fourth-order valence-electron chi connectivity index (χ4n) is 2.03. The van der Waals surface area contributed by atoms with Gasteiger partial charge in [0.1, 0.15) is 5.75 Å². The first kappa shape index (κ1) is 14.1. The molecule has 0 saturated carbocycles. The molecule has 0 radical (unpaired) electrons. The average Bonchev–Trinajstić information content (AvgIpc) is 2.41. The molecule has 1 aliphatic heterocycles. The quantitative estimate of drug-likeness (QED) is 0.857. The lowest BCUT2D eigenvalue weighted by atomic mass is 10.1. The Kier molecular flexibility index (Phi) is 4.29. The number of carbonyl (C=O) groups is 1. The molecule has 6 heteroatoms. The predicted molar refractivity (Wildman–Crippen MR) is 72.4 cm³/mol. The summed E-state index contributed by atoms with van der Waals surface area (Å²) in [6, 6.07) is 4.27. The van der Waals surface area contributed by atoms with Gasteiger partial charge in [-0.2, -0.15) is 0 Å². The Morgan fingerprint density at radius 2 is 2.37 bits per heavy atom. The van der Waals surface area contributed by atoms with E-state index in [-0.39, 0.29) is 29.4 Å². The van der Waals surface area contributed by atoms with Crippen molar-refractivity contribution in [2.45, 2.75) is 19.1 Å². The molecule has 3 N–H and O–H groups in total. The molecule has 0 spiro atoms. The molecule has 1 saturated heterocycles. The minimum atomic E-state index is -0.256. The van der Waals surface area contributed by atoms with Gasteiger partial charge in [-0.3, -0.25) is 4.79 Å². The number of phenolic OH excluding ortho intramolecular Hbond substituents is 1. The molecule has 2 rings (SSSR count). The molecule has 1 aromatic carbocycles. The number of carbonyl (C=O) groups excluding carboxylic acids is 1. The van der Waals surface area contributed by atoms with Crippen molar-refractivity contribution in [3.8, 4) is 5.75 Å². The average molecular weight is 285 g/mol. The Morgan fingerprint density at radius 3 is 3.05 bits per heavy atom. The van der Waals surface area contributed by atoms with Crippen LogP contribution < -0.4 is 5.73 Å². The van der Waals surface area contributed by atoms with Gasteiger partial charge in [0.05, 0.1) is 18.3 Å². The van der Waals surface area contributed by atoms with E-state index in [1.54, 1.807) is 4.90 Å². The van der Waals surface area contributed by atoms with E-state index in [0.717, 1.165) is 0 Å². The summed E-state index contributed by atoms with van der Waals surface area (Å²) in [6.45, 7) is 3.19. The molecular weight excluding hydrogens is 268 g/mol. The van der Waals surface area contributed by atoms with Gasteiger partial charge in [0.2, 0.25) is 0 Å². The summed E-state index contributed by atoms with van der Waals surface area (Å²) >= 11 is 5.85. The fourth-order valence-corrected chi connectivity index (χ4v) is 2.20. The third-order valence-electron chi connectivity index (χ3n) is 3.16. The van der Waals surface area contributed by atoms with E-state index in [2.05, 4.69) is 0 Å². The van der Waals surface area contributed by atoms with Crippen molar-refractivity contribution in [3.05, 3.63) is 28.8 Å². The largest absolute Gasteiger partial charge is 0.507 e. The van der Waals surface area contributed by atoms with Crippen molar-refractivity contribution in [2.75, 3.05) is 19.7 Å². The third kappa shape index (κ3) is 3.18. The monoisotopic (exact) mass is 284 g/mol. The van der Waals surface area contributed by atoms with Crippen LogP contribution in [0.1, 0.15) is 17.3 Å². The Bertz CT molecular complexity index is 479. The van der Waals surface area contributed by atoms with Gasteiger partial charge < -0.3 is 20.5 Å². The van der Waals surface area contributed by atoms with Crippen LogP contribution in [0.4, 0.5) is 0 Å². The van der Waals surface area contributed by atoms with E-state index in [4.69, 9.17) is 22.1 Å². The maximum atomic E-state index is 12.4. The van der Waals surface area contributed by atoms with Crippen LogP contribution in [0.2, 0.25) is 5.02 Å². The SMILES string of the molecule is CC(N)C1CN(C(=O)c2cc(Cl)ccc2O)CCO1. The second-order valence-electron chi connectivity index (χ2n) is 4.68. The first-order valence-corrected chi connectivity index (χ1v) is 6.52. The number of amides is 1. The Balaban J connectivity index is 2.17. The summed E-state index contributed by atoms with van der Waals surface area (Å²) < 4.78 is 5.50. The number of ether oxygens (including phenoxy) is 1. The highest BCUT2D eigenvalue weighted by Gasteiger charge is 2.28. The summed E-state index contributed by atoms with van der Waals surface area (Å²) in [5.41, 5.74) is 6.00. The molecule has 2 atom stereocenters. The molecule has 5 nitrogen and oxygen atoms in total. The Labute approximate surface area is 116 Å². The van der Waals surface area contributed by atoms with Crippen LogP contribution in [0.5, 0.6) is 5.75 Å². The van der Waals surface area contributed by atoms with E-state index in [9.17, 15) is 9.90 Å². The smallest absolute Gasteiger partial charge is 0.257 e. The molecule has 0 aromatic heterocycles. The molecule has 1 fully saturated rings. The Morgan fingerprint density at radius 1 is 1.63 bits per heavy atom. The number of aromatic hydroxyl groups is 1. The summed E-state index contributed by atoms with van der Waals surface area (Å²) in [7, 11) is 0. The number of hydrogen-bond acceptors (Lipinski definition) is 4. The van der Waals surface area contributed by atoms with Crippen LogP contribution in [0.25, 0.3) is 0 Å². The van der Waals surface area contributed by atoms with E-state index in [1.165, 1.54) is 18.2 Å². The van der Waals surface area contributed by atoms with Crippen molar-refractivity contribution in [2.24, 2.45) is 5.73 Å². The van der Waals surface area contributed by atoms with Gasteiger partial charge in [0, 0.05) is 24.2 Å². The summed E-state index contributed by atoms with van der Waals surface area (Å²) in [5.74, 6) is -0.327. The number of rotatable bonds is 2. The molecule has 0 aliphatic carbocycles. The van der Waals surface area contributed by atoms with Crippen LogP contribution in [0, 0.1) is 0 Å². The van der Waals surface area contributed by atoms with Gasteiger partial charge in [-0.05, 0) is 25.1 Å². The molecule has 0 bridgehead atoms. The zero-order chi connectivity index (χ0) is 14.0. The number of morpholine rings is 1. The van der Waals surface area contributed by atoms with E-state index < -0.39 is 0 Å². The lowest BCUT2D eigenvalue weighted by Gasteiger charge is -2.34. The maximum absolute atomic E-state index is 12.4. The highest BCUT2D eigenvalue weighted by Crippen LogP contribution is 2.24. The molecule has 2 unspecified atom stereocenters. The van der Waals surface area contributed by atoms with Crippen LogP contribution in [-0.2, 0) is 4.74 Å². The predicted octanol–water partition coefficient (Wildman–Crippen LogP) is 1.23. The number of nitrogens with zero attached hydrogens (tertiary/aromatic N) is 1. The van der Waals surface area contributed by atoms with Gasteiger partial charge in [-0.25, -0.2) is 0 Å². The van der Waals surface area contributed by atoms with E-state index >= 15 is 0 Å². The highest BCUT2D eigenvalue weighted by atomic mass is 35.5. The topological polar surface area (TPSA) is 75.8 Å². The van der Waals surface area contributed by atoms with E-state index in [0.29, 0.717) is 24.7 Å². The van der Waals surface area contributed by atoms with Crippen LogP contribution in [0.15, 0.2) is 18.2 Å². The lowest BCUT2D eigenvalue weighted by Crippen LogP contribution is -2.51. The standard InChI is InChI=1S/C13H17ClN2O3/c1-8(15)12-7-16(4-5-19-12)13(18)10-6-9(14)2-3-11(10)17/h2-3,6,8,12,17H,4-5,7,15H2,1H3. The molecular formula is C13H17ClN2O3. The molecule has 19 heavy (non-hydrogen) atoms. The minimum Gasteiger partial charge on any atom is -0.507 e. The number of nitrogens with two attached hydrogens (primary N) is 1. The minimum absolute atomic E-state index is 0.0711. The van der Waals surface area contributed by atoms with Crippen molar-refractivity contribution < 1.29 is 14.6 Å². The van der Waals surface area contributed by atoms with Crippen LogP contribution in [-0.4, -0.2) is 47.8 Å². The number of hydrogen-bond donors (Lipinski definition) is 2. The summed E-state index contributed by atoms with van der Waals surface area (Å²) in [4.78, 5) is 14.0. The third-order valence-corrected chi connectivity index (χ3v) is 3.39. The van der Waals surface area contributed by atoms with Crippen molar-refractivity contribution >= 4 is 17.5 Å². The maximum Gasteiger partial charge on any atom is 0.257 e. The second kappa shape index (κ2) is 5.77. The number of phenols is 1. The normalized spacial score (nSPS) is 21.2. The van der Waals surface area contributed by atoms with Crippen LogP contribution in [0.3, 0.4) is 0 Å². The molecule has 1 aliphatic rings. The summed E-state index contributed by atoms with van der Waals surface area (Å²) in [6.07, 6.45) is -0.181. The molecule has 1 amide bonds. The van der Waals surface area contributed by atoms with E-state index in [1.807, 2.05) is 6.92 Å². The first-order valence-electron chi connectivity index (χ1n) is 6.14. The zero-order valence-corrected chi connectivity index (χ0v) is 11.4. The highest BCUT2D eigenvalue weighted by molar-refractivity contribution is 6.31. The zero-order valence-electron chi connectivity index (χ0n) is 10.7. The Hall–Kier alpha value is -1.30. The molecule has 1 aromatic rings. The number of benzene rings is 1. The fraction of sp³-hybridized carbons (Fsp3) is 0.462. The first-order chi connectivity index (χ1) is 8.99. The van der Waals surface area contributed by atoms with Crippen molar-refractivity contribution in [3.63, 3.8) is 0 Å². The molecule has 1 heterocycles. The van der Waals surface area contributed by atoms with Gasteiger partial charge in [-0.1, -0.05) is 11.6 Å². The van der Waals surface area contributed by atoms with Crippen molar-refractivity contribution in [1.82, 2.24) is 4.90 Å². The summed E-state index contributed by atoms with van der Waals surface area (Å²) in [5, 5.41) is 10.2. The number of halogens is 1. The van der Waals surface area contributed by atoms with Gasteiger partial charge in [-0.15, -0.1) is 0 Å². The van der Waals surface area contributed by atoms with Crippen molar-refractivity contribution in [1.29, 1.82) is 0 Å². The van der Waals surface area contributed by atoms with Gasteiger partial charge >= 0.3 is 0 Å².